The highest BCUT2D eigenvalue weighted by Gasteiger charge is 2.37. The van der Waals surface area contributed by atoms with E-state index in [1.165, 1.54) is 5.69 Å². The van der Waals surface area contributed by atoms with Crippen LogP contribution in [0.15, 0.2) is 18.3 Å². The van der Waals surface area contributed by atoms with Crippen molar-refractivity contribution >= 4 is 5.91 Å². The molecule has 2 aromatic heterocycles. The van der Waals surface area contributed by atoms with Crippen molar-refractivity contribution in [3.8, 4) is 0 Å². The molecule has 3 N–H and O–H groups in total. The third kappa shape index (κ3) is 3.36. The largest absolute Gasteiger partial charge is 0.364 e. The fraction of sp³-hybridized carbons (Fsp3) is 0.588. The summed E-state index contributed by atoms with van der Waals surface area (Å²) < 4.78 is 0. The van der Waals surface area contributed by atoms with E-state index in [1.807, 2.05) is 19.2 Å². The van der Waals surface area contributed by atoms with Crippen molar-refractivity contribution in [2.45, 2.75) is 44.7 Å². The van der Waals surface area contributed by atoms with E-state index >= 15 is 0 Å². The molecule has 4 rings (SSSR count). The lowest BCUT2D eigenvalue weighted by Gasteiger charge is -2.37. The highest BCUT2D eigenvalue weighted by atomic mass is 16.2. The van der Waals surface area contributed by atoms with E-state index < -0.39 is 0 Å². The molecule has 2 aliphatic rings. The van der Waals surface area contributed by atoms with Crippen LogP contribution in [0.4, 0.5) is 0 Å². The molecule has 7 nitrogen and oxygen atoms in total. The smallest absolute Gasteiger partial charge is 0.223 e. The van der Waals surface area contributed by atoms with Crippen LogP contribution < -0.4 is 5.32 Å². The topological polar surface area (TPSA) is 89.7 Å². The van der Waals surface area contributed by atoms with Crippen LogP contribution in [-0.2, 0) is 11.3 Å². The number of hydrogen-bond acceptors (Lipinski definition) is 4. The zero-order valence-electron chi connectivity index (χ0n) is 14.0. The maximum Gasteiger partial charge on any atom is 0.223 e. The molecule has 0 radical (unpaired) electrons. The summed E-state index contributed by atoms with van der Waals surface area (Å²) >= 11 is 0. The Hall–Kier alpha value is -2.15. The first-order valence-corrected chi connectivity index (χ1v) is 8.73. The molecule has 0 bridgehead atoms. The average Bonchev–Trinajstić information content (AvgIpc) is 3.15. The zero-order chi connectivity index (χ0) is 16.5. The zero-order valence-corrected chi connectivity index (χ0v) is 14.0. The number of amides is 1. The Morgan fingerprint density at radius 1 is 1.42 bits per heavy atom. The van der Waals surface area contributed by atoms with Crippen LogP contribution in [0.5, 0.6) is 0 Å². The molecular formula is C17H24N6O. The lowest BCUT2D eigenvalue weighted by molar-refractivity contribution is -0.123. The number of likely N-dealkylation sites (tertiary alicyclic amines) is 1. The van der Waals surface area contributed by atoms with Crippen molar-refractivity contribution in [3.05, 3.63) is 35.7 Å². The number of piperidine rings is 1. The minimum absolute atomic E-state index is 0.0667. The fourth-order valence-corrected chi connectivity index (χ4v) is 3.50. The molecule has 2 aromatic rings. The predicted molar refractivity (Wildman–Crippen MR) is 89.2 cm³/mol. The maximum atomic E-state index is 12.3. The van der Waals surface area contributed by atoms with Crippen molar-refractivity contribution in [3.63, 3.8) is 0 Å². The van der Waals surface area contributed by atoms with Gasteiger partial charge >= 0.3 is 0 Å². The van der Waals surface area contributed by atoms with Gasteiger partial charge in [0.05, 0.1) is 6.04 Å². The van der Waals surface area contributed by atoms with Gasteiger partial charge in [0.25, 0.3) is 0 Å². The molecule has 0 spiro atoms. The Morgan fingerprint density at radius 3 is 2.96 bits per heavy atom. The number of nitrogens with one attached hydrogen (secondary N) is 3. The summed E-state index contributed by atoms with van der Waals surface area (Å²) in [5.74, 6) is 2.24. The number of carbonyl (C=O) groups is 1. The van der Waals surface area contributed by atoms with Crippen LogP contribution in [0.2, 0.25) is 0 Å². The van der Waals surface area contributed by atoms with Crippen LogP contribution in [0, 0.1) is 12.8 Å². The van der Waals surface area contributed by atoms with Gasteiger partial charge in [-0.3, -0.25) is 14.8 Å². The van der Waals surface area contributed by atoms with Crippen molar-refractivity contribution in [1.29, 1.82) is 0 Å². The summed E-state index contributed by atoms with van der Waals surface area (Å²) in [5.41, 5.74) is 1.20. The molecule has 24 heavy (non-hydrogen) atoms. The third-order valence-corrected chi connectivity index (χ3v) is 4.98. The Kier molecular flexibility index (Phi) is 4.10. The normalized spacial score (nSPS) is 24.9. The monoisotopic (exact) mass is 328 g/mol. The van der Waals surface area contributed by atoms with Crippen LogP contribution in [0.1, 0.15) is 42.5 Å². The van der Waals surface area contributed by atoms with E-state index in [0.717, 1.165) is 50.5 Å². The molecule has 0 unspecified atom stereocenters. The van der Waals surface area contributed by atoms with Crippen molar-refractivity contribution in [2.24, 2.45) is 5.92 Å². The van der Waals surface area contributed by atoms with E-state index in [-0.39, 0.29) is 23.8 Å². The lowest BCUT2D eigenvalue weighted by Crippen LogP contribution is -2.52. The summed E-state index contributed by atoms with van der Waals surface area (Å²) in [5, 5.41) is 10.5. The van der Waals surface area contributed by atoms with Gasteiger partial charge in [0.1, 0.15) is 5.82 Å². The van der Waals surface area contributed by atoms with E-state index in [0.29, 0.717) is 0 Å². The first kappa shape index (κ1) is 15.4. The van der Waals surface area contributed by atoms with Crippen molar-refractivity contribution < 1.29 is 4.79 Å². The highest BCUT2D eigenvalue weighted by molar-refractivity contribution is 5.81. The summed E-state index contributed by atoms with van der Waals surface area (Å²) in [4.78, 5) is 22.4. The quantitative estimate of drug-likeness (QED) is 0.772. The lowest BCUT2D eigenvalue weighted by atomic mass is 9.90. The van der Waals surface area contributed by atoms with Crippen LogP contribution in [0.3, 0.4) is 0 Å². The van der Waals surface area contributed by atoms with Crippen molar-refractivity contribution in [2.75, 3.05) is 13.1 Å². The predicted octanol–water partition coefficient (Wildman–Crippen LogP) is 1.33. The molecule has 128 valence electrons. The molecule has 7 heteroatoms. The number of aromatic amines is 2. The SMILES string of the molecule is Cc1nc([C@H]2CCN(Cc3ccc[nH]3)C[C@H]2NC(=O)C2CC2)n[nH]1. The number of carbonyl (C=O) groups excluding carboxylic acids is 1. The van der Waals surface area contributed by atoms with Gasteiger partial charge in [0, 0.05) is 36.8 Å². The molecule has 1 aliphatic carbocycles. The summed E-state index contributed by atoms with van der Waals surface area (Å²) in [6.45, 7) is 4.60. The molecule has 1 saturated heterocycles. The van der Waals surface area contributed by atoms with Gasteiger partial charge in [-0.15, -0.1) is 0 Å². The molecule has 3 heterocycles. The van der Waals surface area contributed by atoms with E-state index in [4.69, 9.17) is 0 Å². The molecule has 1 saturated carbocycles. The molecule has 1 amide bonds. The summed E-state index contributed by atoms with van der Waals surface area (Å²) in [6, 6.07) is 4.19. The van der Waals surface area contributed by atoms with Gasteiger partial charge in [-0.25, -0.2) is 4.98 Å². The third-order valence-electron chi connectivity index (χ3n) is 4.98. The highest BCUT2D eigenvalue weighted by Crippen LogP contribution is 2.31. The number of rotatable bonds is 5. The van der Waals surface area contributed by atoms with Gasteiger partial charge in [-0.1, -0.05) is 0 Å². The standard InChI is InChI=1S/C17H24N6O/c1-11-19-16(22-21-11)14-6-8-23(9-13-3-2-7-18-13)10-15(14)20-17(24)12-4-5-12/h2-3,7,12,14-15,18H,4-6,8-10H2,1H3,(H,20,24)(H,19,21,22)/t14-,15+/m0/s1. The minimum Gasteiger partial charge on any atom is -0.364 e. The summed E-state index contributed by atoms with van der Waals surface area (Å²) in [7, 11) is 0. The van der Waals surface area contributed by atoms with Gasteiger partial charge in [-0.05, 0) is 44.9 Å². The Labute approximate surface area is 141 Å². The second-order valence-corrected chi connectivity index (χ2v) is 6.99. The first-order chi connectivity index (χ1) is 11.7. The second-order valence-electron chi connectivity index (χ2n) is 6.99. The van der Waals surface area contributed by atoms with Gasteiger partial charge < -0.3 is 10.3 Å². The van der Waals surface area contributed by atoms with Crippen molar-refractivity contribution in [1.82, 2.24) is 30.4 Å². The number of aromatic nitrogens is 4. The van der Waals surface area contributed by atoms with E-state index in [2.05, 4.69) is 36.4 Å². The molecule has 1 aliphatic heterocycles. The molecule has 0 aromatic carbocycles. The summed E-state index contributed by atoms with van der Waals surface area (Å²) in [6.07, 6.45) is 4.95. The maximum absolute atomic E-state index is 12.3. The van der Waals surface area contributed by atoms with Gasteiger partial charge in [0.15, 0.2) is 5.82 Å². The molecule has 2 fully saturated rings. The number of H-pyrrole nitrogens is 2. The number of hydrogen-bond donors (Lipinski definition) is 3. The number of nitrogens with zero attached hydrogens (tertiary/aromatic N) is 3. The molecular weight excluding hydrogens is 304 g/mol. The van der Waals surface area contributed by atoms with Crippen LogP contribution >= 0.6 is 0 Å². The average molecular weight is 328 g/mol. The minimum atomic E-state index is 0.0667. The first-order valence-electron chi connectivity index (χ1n) is 8.73. The fourth-order valence-electron chi connectivity index (χ4n) is 3.50. The van der Waals surface area contributed by atoms with E-state index in [1.54, 1.807) is 0 Å². The van der Waals surface area contributed by atoms with Crippen LogP contribution in [0.25, 0.3) is 0 Å². The Morgan fingerprint density at radius 2 is 2.29 bits per heavy atom. The molecule has 2 atom stereocenters. The van der Waals surface area contributed by atoms with Crippen LogP contribution in [-0.4, -0.2) is 50.1 Å². The Balaban J connectivity index is 1.48. The van der Waals surface area contributed by atoms with Gasteiger partial charge in [-0.2, -0.15) is 5.10 Å². The second kappa shape index (κ2) is 6.39. The van der Waals surface area contributed by atoms with E-state index in [9.17, 15) is 4.79 Å². The number of aryl methyl sites for hydroxylation is 1. The van der Waals surface area contributed by atoms with Gasteiger partial charge in [0.2, 0.25) is 5.91 Å². The Bertz CT molecular complexity index is 690.